The Morgan fingerprint density at radius 3 is 2.42 bits per heavy atom. The highest BCUT2D eigenvalue weighted by Gasteiger charge is 2.15. The fourth-order valence-electron chi connectivity index (χ4n) is 2.33. The van der Waals surface area contributed by atoms with Crippen LogP contribution in [-0.4, -0.2) is 32.5 Å². The van der Waals surface area contributed by atoms with Gasteiger partial charge in [0.15, 0.2) is 22.9 Å². The lowest BCUT2D eigenvalue weighted by molar-refractivity contribution is 0.257. The maximum absolute atomic E-state index is 12.1. The third-order valence-electron chi connectivity index (χ3n) is 3.51. The summed E-state index contributed by atoms with van der Waals surface area (Å²) >= 11 is 1.10. The average Bonchev–Trinajstić information content (AvgIpc) is 3.08. The van der Waals surface area contributed by atoms with E-state index in [1.807, 2.05) is 18.2 Å². The Balaban J connectivity index is 1.69. The molecule has 0 atom stereocenters. The van der Waals surface area contributed by atoms with Crippen LogP contribution in [0.4, 0.5) is 10.6 Å². The molecule has 0 unspecified atom stereocenters. The number of hydrogen-bond donors (Lipinski definition) is 2. The molecule has 0 radical (unpaired) electrons. The van der Waals surface area contributed by atoms with Crippen LogP contribution in [0.1, 0.15) is 0 Å². The minimum absolute atomic E-state index is 0.351. The second-order valence-corrected chi connectivity index (χ2v) is 5.93. The van der Waals surface area contributed by atoms with Gasteiger partial charge in [0.2, 0.25) is 5.75 Å². The molecular weight excluding hydrogens is 358 g/mol. The van der Waals surface area contributed by atoms with E-state index in [1.165, 1.54) is 21.3 Å². The van der Waals surface area contributed by atoms with Crippen molar-refractivity contribution in [1.82, 2.24) is 9.88 Å². The van der Waals surface area contributed by atoms with Gasteiger partial charge in [0, 0.05) is 4.90 Å². The standard InChI is InChI=1S/C17H17N3O5S/c1-22-13-8-10(9-14(23-2)15(13)24-3)26-20-17(21)18-16-11-6-4-5-7-12(11)25-19-16/h4-9H,1-3H3,(H2,18,19,20,21). The summed E-state index contributed by atoms with van der Waals surface area (Å²) in [5.41, 5.74) is 0.597. The number of nitrogens with one attached hydrogen (secondary N) is 2. The van der Waals surface area contributed by atoms with Gasteiger partial charge in [0.25, 0.3) is 0 Å². The summed E-state index contributed by atoms with van der Waals surface area (Å²) in [6.45, 7) is 0. The molecule has 0 saturated heterocycles. The topological polar surface area (TPSA) is 94.9 Å². The van der Waals surface area contributed by atoms with E-state index in [0.717, 1.165) is 17.3 Å². The van der Waals surface area contributed by atoms with Crippen molar-refractivity contribution >= 4 is 34.8 Å². The van der Waals surface area contributed by atoms with Gasteiger partial charge in [-0.15, -0.1) is 0 Å². The van der Waals surface area contributed by atoms with E-state index in [1.54, 1.807) is 18.2 Å². The van der Waals surface area contributed by atoms with Crippen molar-refractivity contribution in [2.24, 2.45) is 0 Å². The van der Waals surface area contributed by atoms with Crippen LogP contribution in [-0.2, 0) is 0 Å². The molecule has 1 heterocycles. The SMILES string of the molecule is COc1cc(SNC(=O)Nc2noc3ccccc23)cc(OC)c1OC. The fraction of sp³-hybridized carbons (Fsp3) is 0.176. The molecule has 2 aromatic carbocycles. The molecule has 2 amide bonds. The normalized spacial score (nSPS) is 10.4. The number of rotatable bonds is 6. The summed E-state index contributed by atoms with van der Waals surface area (Å²) in [6.07, 6.45) is 0. The highest BCUT2D eigenvalue weighted by atomic mass is 32.2. The van der Waals surface area contributed by atoms with Gasteiger partial charge in [-0.3, -0.25) is 10.0 Å². The molecule has 3 aromatic rings. The van der Waals surface area contributed by atoms with Crippen LogP contribution in [0.3, 0.4) is 0 Å². The average molecular weight is 375 g/mol. The van der Waals surface area contributed by atoms with Crippen molar-refractivity contribution < 1.29 is 23.5 Å². The van der Waals surface area contributed by atoms with E-state index in [2.05, 4.69) is 15.2 Å². The lowest BCUT2D eigenvalue weighted by atomic mass is 10.2. The molecule has 3 rings (SSSR count). The molecule has 8 nitrogen and oxygen atoms in total. The van der Waals surface area contributed by atoms with Crippen molar-refractivity contribution in [1.29, 1.82) is 0 Å². The summed E-state index contributed by atoms with van der Waals surface area (Å²) in [4.78, 5) is 12.9. The van der Waals surface area contributed by atoms with Crippen molar-refractivity contribution in [2.45, 2.75) is 4.90 Å². The second-order valence-electron chi connectivity index (χ2n) is 5.05. The molecule has 2 N–H and O–H groups in total. The van der Waals surface area contributed by atoms with Crippen LogP contribution in [0.2, 0.25) is 0 Å². The van der Waals surface area contributed by atoms with Gasteiger partial charge >= 0.3 is 6.03 Å². The highest BCUT2D eigenvalue weighted by Crippen LogP contribution is 2.40. The number of carbonyl (C=O) groups is 1. The quantitative estimate of drug-likeness (QED) is 0.635. The summed E-state index contributed by atoms with van der Waals surface area (Å²) in [7, 11) is 4.59. The fourth-order valence-corrected chi connectivity index (χ4v) is 2.92. The molecular formula is C17H17N3O5S. The lowest BCUT2D eigenvalue weighted by Gasteiger charge is -2.14. The number of carbonyl (C=O) groups excluding carboxylic acids is 1. The van der Waals surface area contributed by atoms with Gasteiger partial charge in [0.1, 0.15) is 0 Å². The minimum Gasteiger partial charge on any atom is -0.493 e. The van der Waals surface area contributed by atoms with Crippen molar-refractivity contribution in [2.75, 3.05) is 26.6 Å². The predicted molar refractivity (Wildman–Crippen MR) is 98.1 cm³/mol. The first kappa shape index (κ1) is 17.7. The van der Waals surface area contributed by atoms with E-state index in [9.17, 15) is 4.79 Å². The van der Waals surface area contributed by atoms with Crippen LogP contribution in [0.5, 0.6) is 17.2 Å². The molecule has 1 aromatic heterocycles. The smallest absolute Gasteiger partial charge is 0.330 e. The maximum Gasteiger partial charge on any atom is 0.330 e. The number of anilines is 1. The van der Waals surface area contributed by atoms with E-state index >= 15 is 0 Å². The minimum atomic E-state index is -0.442. The Hall–Kier alpha value is -3.07. The van der Waals surface area contributed by atoms with Crippen LogP contribution < -0.4 is 24.2 Å². The van der Waals surface area contributed by atoms with E-state index in [0.29, 0.717) is 33.5 Å². The summed E-state index contributed by atoms with van der Waals surface area (Å²) in [5.74, 6) is 1.83. The summed E-state index contributed by atoms with van der Waals surface area (Å²) in [6, 6.07) is 10.3. The predicted octanol–water partition coefficient (Wildman–Crippen LogP) is 3.68. The zero-order valence-electron chi connectivity index (χ0n) is 14.4. The molecule has 0 fully saturated rings. The van der Waals surface area contributed by atoms with E-state index in [-0.39, 0.29) is 0 Å². The van der Waals surface area contributed by atoms with Gasteiger partial charge in [-0.25, -0.2) is 4.79 Å². The number of methoxy groups -OCH3 is 3. The van der Waals surface area contributed by atoms with Crippen LogP contribution >= 0.6 is 11.9 Å². The number of benzene rings is 2. The summed E-state index contributed by atoms with van der Waals surface area (Å²) in [5, 5.41) is 7.23. The number of aromatic nitrogens is 1. The summed E-state index contributed by atoms with van der Waals surface area (Å²) < 4.78 is 23.7. The molecule has 0 aliphatic carbocycles. The van der Waals surface area contributed by atoms with Gasteiger partial charge < -0.3 is 18.7 Å². The lowest BCUT2D eigenvalue weighted by Crippen LogP contribution is -2.22. The molecule has 0 aliphatic rings. The molecule has 0 aliphatic heterocycles. The number of para-hydroxylation sites is 1. The van der Waals surface area contributed by atoms with Gasteiger partial charge in [-0.05, 0) is 36.2 Å². The molecule has 0 spiro atoms. The highest BCUT2D eigenvalue weighted by molar-refractivity contribution is 7.98. The number of hydrogen-bond acceptors (Lipinski definition) is 7. The Morgan fingerprint density at radius 1 is 1.08 bits per heavy atom. The first-order valence-corrected chi connectivity index (χ1v) is 8.36. The number of amides is 2. The Labute approximate surface area is 153 Å². The largest absolute Gasteiger partial charge is 0.493 e. The number of fused-ring (bicyclic) bond motifs is 1. The Kier molecular flexibility index (Phi) is 5.37. The van der Waals surface area contributed by atoms with Gasteiger partial charge in [-0.1, -0.05) is 17.3 Å². The molecule has 136 valence electrons. The Morgan fingerprint density at radius 2 is 1.77 bits per heavy atom. The zero-order valence-corrected chi connectivity index (χ0v) is 15.2. The number of urea groups is 1. The number of ether oxygens (including phenoxy) is 3. The molecule has 0 saturated carbocycles. The molecule has 0 bridgehead atoms. The molecule has 26 heavy (non-hydrogen) atoms. The van der Waals surface area contributed by atoms with Crippen LogP contribution in [0, 0.1) is 0 Å². The zero-order chi connectivity index (χ0) is 18.5. The van der Waals surface area contributed by atoms with Crippen LogP contribution in [0.25, 0.3) is 11.0 Å². The van der Waals surface area contributed by atoms with Crippen LogP contribution in [0.15, 0.2) is 45.8 Å². The van der Waals surface area contributed by atoms with E-state index in [4.69, 9.17) is 18.7 Å². The van der Waals surface area contributed by atoms with Gasteiger partial charge in [-0.2, -0.15) is 0 Å². The maximum atomic E-state index is 12.1. The van der Waals surface area contributed by atoms with Gasteiger partial charge in [0.05, 0.1) is 26.7 Å². The first-order chi connectivity index (χ1) is 12.7. The first-order valence-electron chi connectivity index (χ1n) is 7.54. The van der Waals surface area contributed by atoms with Crippen molar-refractivity contribution in [3.63, 3.8) is 0 Å². The Bertz CT molecular complexity index is 903. The molecule has 9 heteroatoms. The third kappa shape index (κ3) is 3.62. The van der Waals surface area contributed by atoms with E-state index < -0.39 is 6.03 Å². The van der Waals surface area contributed by atoms with Crippen molar-refractivity contribution in [3.05, 3.63) is 36.4 Å². The third-order valence-corrected chi connectivity index (χ3v) is 4.27. The number of nitrogens with zero attached hydrogens (tertiary/aromatic N) is 1. The second kappa shape index (κ2) is 7.87. The van der Waals surface area contributed by atoms with Crippen molar-refractivity contribution in [3.8, 4) is 17.2 Å². The monoisotopic (exact) mass is 375 g/mol.